The third kappa shape index (κ3) is 2.12. The molecule has 1 heteroatoms. The molecule has 108 valence electrons. The molecule has 0 radical (unpaired) electrons. The smallest absolute Gasteiger partial charge is 0.0737 e. The monoisotopic (exact) mass is 284 g/mol. The summed E-state index contributed by atoms with van der Waals surface area (Å²) >= 11 is 0. The van der Waals surface area contributed by atoms with E-state index in [1.807, 2.05) is 0 Å². The summed E-state index contributed by atoms with van der Waals surface area (Å²) in [7, 11) is -1.61. The van der Waals surface area contributed by atoms with Crippen molar-refractivity contribution in [2.24, 2.45) is 0 Å². The van der Waals surface area contributed by atoms with Crippen LogP contribution in [-0.2, 0) is 0 Å². The summed E-state index contributed by atoms with van der Waals surface area (Å²) in [6, 6.07) is 7.10. The van der Waals surface area contributed by atoms with Crippen LogP contribution in [0.5, 0.6) is 0 Å². The van der Waals surface area contributed by atoms with Crippen molar-refractivity contribution in [3.8, 4) is 0 Å². The summed E-state index contributed by atoms with van der Waals surface area (Å²) in [6.07, 6.45) is 2.53. The molecule has 2 rings (SSSR count). The van der Waals surface area contributed by atoms with Crippen molar-refractivity contribution in [3.63, 3.8) is 0 Å². The SMILES string of the molecule is CC1=CC(C)([Si](C)(C)c2cc(C)cc(C)c2)C(C)=C1C. The quantitative estimate of drug-likeness (QED) is 0.649. The Morgan fingerprint density at radius 1 is 0.850 bits per heavy atom. The first-order valence-electron chi connectivity index (χ1n) is 7.56. The molecule has 1 atom stereocenters. The van der Waals surface area contributed by atoms with Gasteiger partial charge in [0.25, 0.3) is 0 Å². The number of hydrogen-bond acceptors (Lipinski definition) is 0. The van der Waals surface area contributed by atoms with Gasteiger partial charge in [-0.1, -0.05) is 71.8 Å². The van der Waals surface area contributed by atoms with E-state index >= 15 is 0 Å². The number of aryl methyl sites for hydroxylation is 2. The fourth-order valence-electron chi connectivity index (χ4n) is 3.62. The van der Waals surface area contributed by atoms with Crippen molar-refractivity contribution >= 4 is 13.3 Å². The molecule has 1 aliphatic rings. The lowest BCUT2D eigenvalue weighted by Gasteiger charge is -2.41. The molecule has 0 aliphatic heterocycles. The Kier molecular flexibility index (Phi) is 3.62. The second-order valence-corrected chi connectivity index (χ2v) is 12.1. The highest BCUT2D eigenvalue weighted by molar-refractivity contribution is 6.93. The van der Waals surface area contributed by atoms with Crippen LogP contribution in [0.4, 0.5) is 0 Å². The van der Waals surface area contributed by atoms with Crippen molar-refractivity contribution in [2.75, 3.05) is 0 Å². The molecule has 0 N–H and O–H groups in total. The van der Waals surface area contributed by atoms with Crippen LogP contribution in [0.1, 0.15) is 38.8 Å². The van der Waals surface area contributed by atoms with E-state index in [1.54, 1.807) is 10.8 Å². The second-order valence-electron chi connectivity index (χ2n) is 7.28. The van der Waals surface area contributed by atoms with Crippen molar-refractivity contribution in [3.05, 3.63) is 52.1 Å². The van der Waals surface area contributed by atoms with Crippen LogP contribution >= 0.6 is 0 Å². The lowest BCUT2D eigenvalue weighted by Crippen LogP contribution is -2.51. The number of benzene rings is 1. The lowest BCUT2D eigenvalue weighted by molar-refractivity contribution is 0.858. The van der Waals surface area contributed by atoms with E-state index in [0.717, 1.165) is 0 Å². The molecule has 1 aromatic rings. The fourth-order valence-corrected chi connectivity index (χ4v) is 7.10. The number of allylic oxidation sites excluding steroid dienone is 4. The van der Waals surface area contributed by atoms with E-state index in [1.165, 1.54) is 22.3 Å². The van der Waals surface area contributed by atoms with Gasteiger partial charge >= 0.3 is 0 Å². The highest BCUT2D eigenvalue weighted by Crippen LogP contribution is 2.52. The molecule has 0 nitrogen and oxygen atoms in total. The molecular formula is C19H28Si. The maximum atomic E-state index is 2.53. The summed E-state index contributed by atoms with van der Waals surface area (Å²) in [5.74, 6) is 0. The van der Waals surface area contributed by atoms with Crippen LogP contribution in [0.3, 0.4) is 0 Å². The molecule has 1 aliphatic carbocycles. The standard InChI is InChI=1S/C19H28Si/c1-13-9-14(2)11-18(10-13)20(7,8)19(6)12-15(3)16(4)17(19)5/h9-12H,1-8H3. The van der Waals surface area contributed by atoms with Crippen LogP contribution in [0.2, 0.25) is 18.1 Å². The molecule has 0 saturated heterocycles. The molecule has 0 spiro atoms. The van der Waals surface area contributed by atoms with Gasteiger partial charge in [0.05, 0.1) is 8.07 Å². The molecular weight excluding hydrogens is 256 g/mol. The number of hydrogen-bond donors (Lipinski definition) is 0. The van der Waals surface area contributed by atoms with Crippen LogP contribution < -0.4 is 5.19 Å². The minimum absolute atomic E-state index is 0.237. The average Bonchev–Trinajstić information content (AvgIpc) is 2.53. The van der Waals surface area contributed by atoms with Gasteiger partial charge in [-0.25, -0.2) is 0 Å². The Bertz CT molecular complexity index is 596. The molecule has 20 heavy (non-hydrogen) atoms. The first-order chi connectivity index (χ1) is 9.09. The van der Waals surface area contributed by atoms with E-state index in [2.05, 4.69) is 78.9 Å². The topological polar surface area (TPSA) is 0 Å². The Morgan fingerprint density at radius 2 is 1.35 bits per heavy atom. The van der Waals surface area contributed by atoms with Crippen LogP contribution in [0.15, 0.2) is 41.0 Å². The first-order valence-corrected chi connectivity index (χ1v) is 10.6. The van der Waals surface area contributed by atoms with E-state index < -0.39 is 8.07 Å². The molecule has 1 aromatic carbocycles. The summed E-state index contributed by atoms with van der Waals surface area (Å²) in [4.78, 5) is 0. The first kappa shape index (κ1) is 15.3. The average molecular weight is 285 g/mol. The Morgan fingerprint density at radius 3 is 1.75 bits per heavy atom. The Labute approximate surface area is 125 Å². The van der Waals surface area contributed by atoms with Crippen LogP contribution in [0.25, 0.3) is 0 Å². The molecule has 0 amide bonds. The van der Waals surface area contributed by atoms with Crippen molar-refractivity contribution in [1.29, 1.82) is 0 Å². The Balaban J connectivity index is 2.61. The zero-order valence-electron chi connectivity index (χ0n) is 14.3. The van der Waals surface area contributed by atoms with Gasteiger partial charge < -0.3 is 0 Å². The molecule has 0 saturated carbocycles. The maximum Gasteiger partial charge on any atom is 0.0947 e. The molecule has 0 bridgehead atoms. The third-order valence-electron chi connectivity index (χ3n) is 5.68. The highest BCUT2D eigenvalue weighted by atomic mass is 28.3. The minimum atomic E-state index is -1.61. The van der Waals surface area contributed by atoms with E-state index in [-0.39, 0.29) is 5.04 Å². The highest BCUT2D eigenvalue weighted by Gasteiger charge is 2.46. The molecule has 0 fully saturated rings. The van der Waals surface area contributed by atoms with Gasteiger partial charge in [0.15, 0.2) is 0 Å². The predicted molar refractivity (Wildman–Crippen MR) is 93.5 cm³/mol. The third-order valence-corrected chi connectivity index (χ3v) is 10.5. The van der Waals surface area contributed by atoms with Gasteiger partial charge in [0.1, 0.15) is 0 Å². The van der Waals surface area contributed by atoms with Gasteiger partial charge in [0.2, 0.25) is 0 Å². The minimum Gasteiger partial charge on any atom is -0.0737 e. The van der Waals surface area contributed by atoms with Crippen LogP contribution in [-0.4, -0.2) is 8.07 Å². The van der Waals surface area contributed by atoms with E-state index in [9.17, 15) is 0 Å². The van der Waals surface area contributed by atoms with Gasteiger partial charge in [-0.15, -0.1) is 0 Å². The lowest BCUT2D eigenvalue weighted by atomic mass is 10.0. The zero-order valence-corrected chi connectivity index (χ0v) is 15.3. The maximum absolute atomic E-state index is 2.53. The zero-order chi connectivity index (χ0) is 15.3. The summed E-state index contributed by atoms with van der Waals surface area (Å²) in [5.41, 5.74) is 7.32. The van der Waals surface area contributed by atoms with E-state index in [0.29, 0.717) is 0 Å². The van der Waals surface area contributed by atoms with Gasteiger partial charge in [-0.05, 0) is 40.2 Å². The summed E-state index contributed by atoms with van der Waals surface area (Å²) in [5, 5.41) is 1.82. The van der Waals surface area contributed by atoms with Crippen LogP contribution in [0, 0.1) is 13.8 Å². The van der Waals surface area contributed by atoms with Crippen molar-refractivity contribution < 1.29 is 0 Å². The van der Waals surface area contributed by atoms with Crippen molar-refractivity contribution in [1.82, 2.24) is 0 Å². The van der Waals surface area contributed by atoms with Gasteiger partial charge in [-0.2, -0.15) is 0 Å². The predicted octanol–water partition coefficient (Wildman–Crippen LogP) is 5.28. The molecule has 0 aromatic heterocycles. The summed E-state index contributed by atoms with van der Waals surface area (Å²) < 4.78 is 0. The van der Waals surface area contributed by atoms with Gasteiger partial charge in [0, 0.05) is 5.04 Å². The Hall–Kier alpha value is -1.08. The molecule has 1 unspecified atom stereocenters. The fraction of sp³-hybridized carbons (Fsp3) is 0.474. The second kappa shape index (κ2) is 4.73. The van der Waals surface area contributed by atoms with Crippen molar-refractivity contribution in [2.45, 2.75) is 59.7 Å². The summed E-state index contributed by atoms with van der Waals surface area (Å²) in [6.45, 7) is 18.8. The largest absolute Gasteiger partial charge is 0.0947 e. The number of rotatable bonds is 2. The van der Waals surface area contributed by atoms with Gasteiger partial charge in [-0.3, -0.25) is 0 Å². The molecule has 0 heterocycles. The normalized spacial score (nSPS) is 23.3. The van der Waals surface area contributed by atoms with E-state index in [4.69, 9.17) is 0 Å².